The summed E-state index contributed by atoms with van der Waals surface area (Å²) in [6.45, 7) is 0. The molecule has 0 unspecified atom stereocenters. The summed E-state index contributed by atoms with van der Waals surface area (Å²) in [6, 6.07) is 0. The van der Waals surface area contributed by atoms with Crippen molar-refractivity contribution < 1.29 is 4.79 Å². The van der Waals surface area contributed by atoms with Gasteiger partial charge in [0.25, 0.3) is 0 Å². The second kappa shape index (κ2) is 3.92. The van der Waals surface area contributed by atoms with Crippen molar-refractivity contribution in [2.24, 2.45) is 0 Å². The van der Waals surface area contributed by atoms with E-state index in [0.717, 1.165) is 24.8 Å². The van der Waals surface area contributed by atoms with Crippen molar-refractivity contribution in [2.45, 2.75) is 18.8 Å². The Kier molecular flexibility index (Phi) is 2.40. The molecule has 5 nitrogen and oxygen atoms in total. The third-order valence-corrected chi connectivity index (χ3v) is 3.10. The molecule has 0 radical (unpaired) electrons. The van der Waals surface area contributed by atoms with Crippen LogP contribution in [-0.2, 0) is 0 Å². The fraction of sp³-hybridized carbons (Fsp3) is 0.273. The first-order valence-corrected chi connectivity index (χ1v) is 5.69. The standard InChI is InChI=1S/C11H9ClN4O/c12-11-8(6-17)10(7-1-2-7)15-16(11)9-5-13-3-4-14-9/h3-7H,1-2H2. The largest absolute Gasteiger partial charge is 0.298 e. The van der Waals surface area contributed by atoms with Gasteiger partial charge in [-0.05, 0) is 12.8 Å². The molecule has 2 aromatic rings. The van der Waals surface area contributed by atoms with Gasteiger partial charge in [0.05, 0.1) is 17.5 Å². The van der Waals surface area contributed by atoms with Crippen LogP contribution in [0.1, 0.15) is 34.8 Å². The Balaban J connectivity index is 2.14. The fourth-order valence-electron chi connectivity index (χ4n) is 1.75. The van der Waals surface area contributed by atoms with Crippen molar-refractivity contribution in [1.82, 2.24) is 19.7 Å². The smallest absolute Gasteiger partial charge is 0.173 e. The quantitative estimate of drug-likeness (QED) is 0.780. The molecule has 0 saturated heterocycles. The summed E-state index contributed by atoms with van der Waals surface area (Å²) < 4.78 is 1.46. The maximum absolute atomic E-state index is 11.1. The molecule has 2 heterocycles. The first kappa shape index (κ1) is 10.4. The Labute approximate surface area is 102 Å². The second-order valence-corrected chi connectivity index (χ2v) is 4.32. The minimum absolute atomic E-state index is 0.308. The molecular weight excluding hydrogens is 240 g/mol. The molecule has 17 heavy (non-hydrogen) atoms. The van der Waals surface area contributed by atoms with E-state index in [0.29, 0.717) is 22.5 Å². The fourth-order valence-corrected chi connectivity index (χ4v) is 2.01. The Morgan fingerprint density at radius 3 is 2.82 bits per heavy atom. The summed E-state index contributed by atoms with van der Waals surface area (Å²) in [5.41, 5.74) is 1.25. The summed E-state index contributed by atoms with van der Waals surface area (Å²) in [5.74, 6) is 0.887. The molecular formula is C11H9ClN4O. The molecule has 0 atom stereocenters. The van der Waals surface area contributed by atoms with Gasteiger partial charge in [-0.3, -0.25) is 9.78 Å². The van der Waals surface area contributed by atoms with Crippen LogP contribution >= 0.6 is 11.6 Å². The summed E-state index contributed by atoms with van der Waals surface area (Å²) in [6.07, 6.45) is 7.58. The minimum atomic E-state index is 0.308. The number of rotatable bonds is 3. The molecule has 0 spiro atoms. The topological polar surface area (TPSA) is 60.7 Å². The van der Waals surface area contributed by atoms with Crippen LogP contribution in [0.25, 0.3) is 5.82 Å². The van der Waals surface area contributed by atoms with E-state index < -0.39 is 0 Å². The van der Waals surface area contributed by atoms with Crippen LogP contribution in [0.2, 0.25) is 5.15 Å². The Morgan fingerprint density at radius 1 is 1.41 bits per heavy atom. The van der Waals surface area contributed by atoms with Gasteiger partial charge < -0.3 is 0 Å². The summed E-state index contributed by atoms with van der Waals surface area (Å²) in [4.78, 5) is 19.1. The van der Waals surface area contributed by atoms with E-state index in [9.17, 15) is 4.79 Å². The number of nitrogens with zero attached hydrogens (tertiary/aromatic N) is 4. The third kappa shape index (κ3) is 1.72. The zero-order valence-corrected chi connectivity index (χ0v) is 9.63. The van der Waals surface area contributed by atoms with Gasteiger partial charge in [0.1, 0.15) is 5.15 Å². The number of carbonyl (C=O) groups excluding carboxylic acids is 1. The van der Waals surface area contributed by atoms with Crippen LogP contribution in [0.4, 0.5) is 0 Å². The molecule has 1 aliphatic rings. The van der Waals surface area contributed by atoms with Crippen molar-refractivity contribution in [3.8, 4) is 5.82 Å². The SMILES string of the molecule is O=Cc1c(C2CC2)nn(-c2cnccn2)c1Cl. The van der Waals surface area contributed by atoms with Gasteiger partial charge in [-0.2, -0.15) is 5.10 Å². The number of carbonyl (C=O) groups is 1. The van der Waals surface area contributed by atoms with E-state index in [1.54, 1.807) is 18.6 Å². The molecule has 0 amide bonds. The van der Waals surface area contributed by atoms with Gasteiger partial charge in [0.2, 0.25) is 0 Å². The number of halogens is 1. The molecule has 6 heteroatoms. The third-order valence-electron chi connectivity index (χ3n) is 2.74. The van der Waals surface area contributed by atoms with Crippen molar-refractivity contribution >= 4 is 17.9 Å². The van der Waals surface area contributed by atoms with E-state index in [1.807, 2.05) is 0 Å². The highest BCUT2D eigenvalue weighted by molar-refractivity contribution is 6.32. The number of aromatic nitrogens is 4. The average molecular weight is 249 g/mol. The van der Waals surface area contributed by atoms with E-state index in [-0.39, 0.29) is 0 Å². The lowest BCUT2D eigenvalue weighted by molar-refractivity contribution is 0.112. The molecule has 3 rings (SSSR count). The van der Waals surface area contributed by atoms with Crippen LogP contribution in [0.15, 0.2) is 18.6 Å². The number of aldehydes is 1. The van der Waals surface area contributed by atoms with Crippen molar-refractivity contribution in [3.63, 3.8) is 0 Å². The van der Waals surface area contributed by atoms with Crippen molar-refractivity contribution in [2.75, 3.05) is 0 Å². The van der Waals surface area contributed by atoms with Gasteiger partial charge in [-0.25, -0.2) is 9.67 Å². The Morgan fingerprint density at radius 2 is 2.24 bits per heavy atom. The maximum Gasteiger partial charge on any atom is 0.173 e. The zero-order valence-electron chi connectivity index (χ0n) is 8.88. The highest BCUT2D eigenvalue weighted by Crippen LogP contribution is 2.42. The highest BCUT2D eigenvalue weighted by Gasteiger charge is 2.31. The van der Waals surface area contributed by atoms with E-state index >= 15 is 0 Å². The summed E-state index contributed by atoms with van der Waals surface area (Å²) in [5, 5.41) is 4.67. The van der Waals surface area contributed by atoms with E-state index in [4.69, 9.17) is 11.6 Å². The number of hydrogen-bond donors (Lipinski definition) is 0. The monoisotopic (exact) mass is 248 g/mol. The van der Waals surface area contributed by atoms with Gasteiger partial charge >= 0.3 is 0 Å². The Hall–Kier alpha value is -1.75. The van der Waals surface area contributed by atoms with Crippen molar-refractivity contribution in [3.05, 3.63) is 35.0 Å². The van der Waals surface area contributed by atoms with Crippen LogP contribution in [0.5, 0.6) is 0 Å². The normalized spacial score (nSPS) is 14.9. The minimum Gasteiger partial charge on any atom is -0.298 e. The lowest BCUT2D eigenvalue weighted by Gasteiger charge is -1.99. The lowest BCUT2D eigenvalue weighted by atomic mass is 10.2. The average Bonchev–Trinajstić information content (AvgIpc) is 3.15. The van der Waals surface area contributed by atoms with Gasteiger partial charge in [0, 0.05) is 18.3 Å². The Bertz CT molecular complexity index is 562. The molecule has 2 aromatic heterocycles. The zero-order chi connectivity index (χ0) is 11.8. The van der Waals surface area contributed by atoms with Crippen LogP contribution < -0.4 is 0 Å². The molecule has 1 fully saturated rings. The molecule has 0 bridgehead atoms. The van der Waals surface area contributed by atoms with Crippen LogP contribution in [-0.4, -0.2) is 26.0 Å². The summed E-state index contributed by atoms with van der Waals surface area (Å²) >= 11 is 6.14. The molecule has 0 N–H and O–H groups in total. The molecule has 1 saturated carbocycles. The van der Waals surface area contributed by atoms with Gasteiger partial charge in [-0.1, -0.05) is 11.6 Å². The molecule has 1 aliphatic carbocycles. The van der Waals surface area contributed by atoms with Gasteiger partial charge in [0.15, 0.2) is 12.1 Å². The molecule has 86 valence electrons. The second-order valence-electron chi connectivity index (χ2n) is 3.96. The van der Waals surface area contributed by atoms with Crippen molar-refractivity contribution in [1.29, 1.82) is 0 Å². The maximum atomic E-state index is 11.1. The number of hydrogen-bond acceptors (Lipinski definition) is 4. The predicted octanol–water partition coefficient (Wildman–Crippen LogP) is 2.01. The predicted molar refractivity (Wildman–Crippen MR) is 61.5 cm³/mol. The van der Waals surface area contributed by atoms with Gasteiger partial charge in [-0.15, -0.1) is 0 Å². The molecule has 0 aromatic carbocycles. The summed E-state index contributed by atoms with van der Waals surface area (Å²) in [7, 11) is 0. The van der Waals surface area contributed by atoms with Crippen LogP contribution in [0, 0.1) is 0 Å². The van der Waals surface area contributed by atoms with Crippen LogP contribution in [0.3, 0.4) is 0 Å². The first-order chi connectivity index (χ1) is 8.31. The lowest BCUT2D eigenvalue weighted by Crippen LogP contribution is -2.00. The highest BCUT2D eigenvalue weighted by atomic mass is 35.5. The molecule has 0 aliphatic heterocycles. The van der Waals surface area contributed by atoms with E-state index in [2.05, 4.69) is 15.1 Å². The first-order valence-electron chi connectivity index (χ1n) is 5.31. The van der Waals surface area contributed by atoms with E-state index in [1.165, 1.54) is 4.68 Å².